The van der Waals surface area contributed by atoms with Crippen molar-refractivity contribution in [2.45, 2.75) is 0 Å². The van der Waals surface area contributed by atoms with Gasteiger partial charge in [-0.2, -0.15) is 0 Å². The number of benzene rings is 20. The van der Waals surface area contributed by atoms with Crippen molar-refractivity contribution in [2.24, 2.45) is 0 Å². The summed E-state index contributed by atoms with van der Waals surface area (Å²) in [6.07, 6.45) is 0. The summed E-state index contributed by atoms with van der Waals surface area (Å²) in [5.41, 5.74) is 24.7. The molecule has 0 spiro atoms. The summed E-state index contributed by atoms with van der Waals surface area (Å²) < 4.78 is 19.1. The zero-order chi connectivity index (χ0) is 77.8. The van der Waals surface area contributed by atoms with E-state index in [2.05, 4.69) is 354 Å². The average Bonchev–Trinajstić information content (AvgIpc) is 1.06. The third kappa shape index (κ3) is 14.5. The minimum absolute atomic E-state index is 0.768. The second-order valence-electron chi connectivity index (χ2n) is 28.7. The molecule has 23 aromatic rings. The van der Waals surface area contributed by atoms with Crippen LogP contribution < -0.4 is 16.0 Å². The molecule has 23 rings (SSSR count). The number of nitrogen functional groups attached to an aromatic ring is 1. The maximum atomic E-state index is 6.21. The number of nitrogens with zero attached hydrogens (tertiary/aromatic N) is 1. The van der Waals surface area contributed by atoms with Gasteiger partial charge in [-0.25, -0.2) is 0 Å². The van der Waals surface area contributed by atoms with Crippen molar-refractivity contribution >= 4 is 199 Å². The van der Waals surface area contributed by atoms with Crippen molar-refractivity contribution in [2.75, 3.05) is 16.0 Å². The summed E-state index contributed by atoms with van der Waals surface area (Å²) in [7, 11) is 0. The van der Waals surface area contributed by atoms with Crippen LogP contribution in [0.3, 0.4) is 0 Å². The van der Waals surface area contributed by atoms with Gasteiger partial charge in [0.15, 0.2) is 0 Å². The van der Waals surface area contributed by atoms with E-state index in [1.165, 1.54) is 102 Å². The van der Waals surface area contributed by atoms with Gasteiger partial charge in [0.05, 0.1) is 5.69 Å². The summed E-state index contributed by atoms with van der Waals surface area (Å²) in [5.74, 6) is 0. The number of hydrogen-bond donors (Lipinski definition) is 2. The highest BCUT2D eigenvalue weighted by atomic mass is 127. The van der Waals surface area contributed by atoms with Gasteiger partial charge in [-0.1, -0.05) is 321 Å². The Balaban J connectivity index is 0.000000106. The van der Waals surface area contributed by atoms with Crippen LogP contribution in [0.25, 0.3) is 164 Å². The Morgan fingerprint density at radius 1 is 0.250 bits per heavy atom. The number of furan rings is 3. The highest BCUT2D eigenvalue weighted by Gasteiger charge is 2.21. The van der Waals surface area contributed by atoms with Gasteiger partial charge < -0.3 is 29.2 Å². The smallest absolute Gasteiger partial charge is 0.135 e. The molecule has 0 saturated carbocycles. The van der Waals surface area contributed by atoms with E-state index in [1.807, 2.05) is 103 Å². The maximum absolute atomic E-state index is 6.21. The standard InChI is InChI=1S/C42H27NO.C24H17NO.C18H11Cl.C12H9I.C12H9NO/c1-2-10-28(11-3-1)34-14-6-8-16-40(34)43(32-22-25-42-39(27-32)37-15-7-9-17-41(37)44-42)31-21-18-30-20-23-35-33-13-5-4-12-29(33)19-24-36(35)38(30)26-31;1-2-8-17(9-3-1)19-10-4-6-12-22(19)25-18-14-15-24-21(16-18)20-11-5-7-13-23(20)26-24;19-14-8-5-13-7-9-16-15-4-2-1-3-12(15)6-10-17(16)18(13)11-14;13-12-9-5-4-8-11(12)10-6-2-1-3-7-10;13-8-5-6-12-10(7-8)9-3-1-2-4-11(9)14-12/h1-27H;1-16,25H;1-11H;1-9H;1-7H,13H2. The molecule has 0 bridgehead atoms. The van der Waals surface area contributed by atoms with Gasteiger partial charge in [0.25, 0.3) is 0 Å². The van der Waals surface area contributed by atoms with Crippen LogP contribution in [0.2, 0.25) is 5.02 Å². The van der Waals surface area contributed by atoms with E-state index in [-0.39, 0.29) is 0 Å². The molecule has 0 aliphatic carbocycles. The van der Waals surface area contributed by atoms with Crippen molar-refractivity contribution < 1.29 is 13.3 Å². The second-order valence-corrected chi connectivity index (χ2v) is 30.3. The molecule has 20 aromatic carbocycles. The molecular weight excluding hydrogens is 1550 g/mol. The highest BCUT2D eigenvalue weighted by Crippen LogP contribution is 2.46. The third-order valence-electron chi connectivity index (χ3n) is 21.6. The van der Waals surface area contributed by atoms with Crippen molar-refractivity contribution in [1.29, 1.82) is 0 Å². The summed E-state index contributed by atoms with van der Waals surface area (Å²) >= 11 is 8.50. The normalized spacial score (nSPS) is 11.2. The first-order chi connectivity index (χ1) is 57.2. The molecule has 8 heteroatoms. The van der Waals surface area contributed by atoms with Crippen LogP contribution in [0.5, 0.6) is 0 Å². The lowest BCUT2D eigenvalue weighted by Crippen LogP contribution is -2.11. The number of nitrogens with two attached hydrogens (primary N) is 1. The van der Waals surface area contributed by atoms with Gasteiger partial charge >= 0.3 is 0 Å². The Morgan fingerprint density at radius 3 is 1.17 bits per heavy atom. The van der Waals surface area contributed by atoms with Crippen molar-refractivity contribution in [3.05, 3.63) is 433 Å². The van der Waals surface area contributed by atoms with Gasteiger partial charge in [-0.3, -0.25) is 0 Å². The minimum Gasteiger partial charge on any atom is -0.456 e. The molecule has 3 heterocycles. The Morgan fingerprint density at radius 2 is 0.612 bits per heavy atom. The fraction of sp³-hybridized carbons (Fsp3) is 0. The molecular formula is C108H73ClIN3O3. The number of hydrogen-bond acceptors (Lipinski definition) is 6. The second kappa shape index (κ2) is 32.1. The van der Waals surface area contributed by atoms with Crippen molar-refractivity contribution in [3.63, 3.8) is 0 Å². The summed E-state index contributed by atoms with van der Waals surface area (Å²) in [6.45, 7) is 0. The van der Waals surface area contributed by atoms with E-state index < -0.39 is 0 Å². The van der Waals surface area contributed by atoms with Crippen LogP contribution in [0.15, 0.2) is 438 Å². The van der Waals surface area contributed by atoms with Gasteiger partial charge in [0.2, 0.25) is 0 Å². The molecule has 0 radical (unpaired) electrons. The van der Waals surface area contributed by atoms with Crippen LogP contribution in [-0.4, -0.2) is 0 Å². The first-order valence-corrected chi connectivity index (χ1v) is 40.2. The quantitative estimate of drug-likeness (QED) is 0.0896. The van der Waals surface area contributed by atoms with Gasteiger partial charge in [0, 0.05) is 80.5 Å². The lowest BCUT2D eigenvalue weighted by molar-refractivity contribution is 0.668. The van der Waals surface area contributed by atoms with Crippen LogP contribution in [0.4, 0.5) is 34.1 Å². The predicted molar refractivity (Wildman–Crippen MR) is 502 cm³/mol. The van der Waals surface area contributed by atoms with E-state index in [4.69, 9.17) is 30.6 Å². The molecule has 0 aliphatic rings. The van der Waals surface area contributed by atoms with Crippen molar-refractivity contribution in [1.82, 2.24) is 0 Å². The monoisotopic (exact) mass is 1620 g/mol. The average molecular weight is 1620 g/mol. The molecule has 0 fully saturated rings. The van der Waals surface area contributed by atoms with Gasteiger partial charge in [0.1, 0.15) is 33.5 Å². The summed E-state index contributed by atoms with van der Waals surface area (Å²) in [4.78, 5) is 2.39. The van der Waals surface area contributed by atoms with Crippen LogP contribution >= 0.6 is 34.2 Å². The fourth-order valence-corrected chi connectivity index (χ4v) is 16.9. The third-order valence-corrected chi connectivity index (χ3v) is 22.7. The Kier molecular flexibility index (Phi) is 19.9. The fourth-order valence-electron chi connectivity index (χ4n) is 16.0. The maximum Gasteiger partial charge on any atom is 0.135 e. The molecule has 3 N–H and O–H groups in total. The molecule has 0 atom stereocenters. The SMILES string of the molecule is Clc1ccc2ccc3c4ccccc4ccc3c2c1.Ic1ccccc1-c1ccccc1.Nc1ccc2oc3ccccc3c2c1.c1ccc(-c2ccccc2N(c2ccc3ccc4c5ccccc5ccc4c3c2)c2ccc3oc4ccccc4c3c2)cc1.c1ccc(-c2ccccc2Nc2ccc3oc4ccccc4c3c2)cc1. The molecule has 0 amide bonds. The number of fused-ring (bicyclic) bond motifs is 19. The largest absolute Gasteiger partial charge is 0.456 e. The molecule has 3 aromatic heterocycles. The topological polar surface area (TPSA) is 80.7 Å². The predicted octanol–water partition coefficient (Wildman–Crippen LogP) is 32.1. The van der Waals surface area contributed by atoms with Gasteiger partial charge in [-0.05, 0) is 225 Å². The van der Waals surface area contributed by atoms with Crippen LogP contribution in [-0.2, 0) is 0 Å². The first-order valence-electron chi connectivity index (χ1n) is 38.7. The summed E-state index contributed by atoms with van der Waals surface area (Å²) in [6, 6.07) is 148. The van der Waals surface area contributed by atoms with E-state index >= 15 is 0 Å². The Labute approximate surface area is 689 Å². The number of halogens is 2. The van der Waals surface area contributed by atoms with E-state index in [0.29, 0.717) is 0 Å². The lowest BCUT2D eigenvalue weighted by Gasteiger charge is -2.28. The van der Waals surface area contributed by atoms with Crippen LogP contribution in [0, 0.1) is 3.57 Å². The molecule has 0 aliphatic heterocycles. The molecule has 0 unspecified atom stereocenters. The minimum atomic E-state index is 0.768. The number of nitrogens with one attached hydrogen (secondary N) is 1. The number of anilines is 6. The van der Waals surface area contributed by atoms with E-state index in [0.717, 1.165) is 105 Å². The number of para-hydroxylation sites is 5. The number of rotatable bonds is 8. The summed E-state index contributed by atoms with van der Waals surface area (Å²) in [5, 5.41) is 26.2. The highest BCUT2D eigenvalue weighted by molar-refractivity contribution is 14.1. The Hall–Kier alpha value is -14.2. The van der Waals surface area contributed by atoms with Crippen molar-refractivity contribution in [3.8, 4) is 33.4 Å². The van der Waals surface area contributed by atoms with Gasteiger partial charge in [-0.15, -0.1) is 0 Å². The zero-order valence-corrected chi connectivity index (χ0v) is 65.8. The Bertz CT molecular complexity index is 7570. The first kappa shape index (κ1) is 72.1. The molecule has 116 heavy (non-hydrogen) atoms. The zero-order valence-electron chi connectivity index (χ0n) is 62.9. The van der Waals surface area contributed by atoms with Crippen LogP contribution in [0.1, 0.15) is 0 Å². The van der Waals surface area contributed by atoms with E-state index in [1.54, 1.807) is 0 Å². The molecule has 6 nitrogen and oxygen atoms in total. The molecule has 0 saturated heterocycles. The lowest BCUT2D eigenvalue weighted by atomic mass is 9.96. The molecule has 552 valence electrons. The van der Waals surface area contributed by atoms with E-state index in [9.17, 15) is 0 Å².